The Kier molecular flexibility index (Phi) is 3.69. The summed E-state index contributed by atoms with van der Waals surface area (Å²) in [6.45, 7) is 7.21. The van der Waals surface area contributed by atoms with Gasteiger partial charge in [-0.25, -0.2) is 4.39 Å². The maximum atomic E-state index is 13.9. The minimum Gasteiger partial charge on any atom is -0.389 e. The Labute approximate surface area is 113 Å². The zero-order valence-corrected chi connectivity index (χ0v) is 11.7. The summed E-state index contributed by atoms with van der Waals surface area (Å²) in [5.41, 5.74) is 7.13. The molecule has 0 amide bonds. The van der Waals surface area contributed by atoms with E-state index in [0.717, 1.165) is 13.1 Å². The number of benzene rings is 1. The highest BCUT2D eigenvalue weighted by molar-refractivity contribution is 7.80. The van der Waals surface area contributed by atoms with Crippen molar-refractivity contribution in [2.75, 3.05) is 13.1 Å². The monoisotopic (exact) mass is 266 g/mol. The van der Waals surface area contributed by atoms with E-state index in [9.17, 15) is 4.39 Å². The van der Waals surface area contributed by atoms with Gasteiger partial charge in [-0.05, 0) is 24.4 Å². The minimum absolute atomic E-state index is 0.218. The number of halogens is 1. The summed E-state index contributed by atoms with van der Waals surface area (Å²) < 4.78 is 13.9. The second-order valence-electron chi connectivity index (χ2n) is 5.80. The molecule has 0 atom stereocenters. The minimum atomic E-state index is -0.218. The fourth-order valence-corrected chi connectivity index (χ4v) is 2.56. The SMILES string of the molecule is CC1(C)CCN(Cc2ccc(C(N)=S)cc2F)C1. The molecule has 0 unspecified atom stereocenters. The van der Waals surface area contributed by atoms with Gasteiger partial charge in [0.25, 0.3) is 0 Å². The summed E-state index contributed by atoms with van der Waals surface area (Å²) in [5.74, 6) is -0.218. The molecule has 2 rings (SSSR count). The molecular formula is C14H19FN2S. The van der Waals surface area contributed by atoms with Gasteiger partial charge in [-0.3, -0.25) is 4.90 Å². The van der Waals surface area contributed by atoms with Crippen molar-refractivity contribution in [1.82, 2.24) is 4.90 Å². The fourth-order valence-electron chi connectivity index (χ4n) is 2.43. The van der Waals surface area contributed by atoms with Gasteiger partial charge in [0, 0.05) is 24.2 Å². The van der Waals surface area contributed by atoms with Crippen molar-refractivity contribution >= 4 is 17.2 Å². The van der Waals surface area contributed by atoms with Crippen LogP contribution in [0.1, 0.15) is 31.4 Å². The lowest BCUT2D eigenvalue weighted by molar-refractivity contribution is 0.281. The second kappa shape index (κ2) is 4.94. The molecule has 4 heteroatoms. The van der Waals surface area contributed by atoms with Crippen molar-refractivity contribution in [3.63, 3.8) is 0 Å². The quantitative estimate of drug-likeness (QED) is 0.853. The van der Waals surface area contributed by atoms with Crippen molar-refractivity contribution in [2.45, 2.75) is 26.8 Å². The van der Waals surface area contributed by atoms with Crippen molar-refractivity contribution in [2.24, 2.45) is 11.1 Å². The predicted octanol–water partition coefficient (Wildman–Crippen LogP) is 2.69. The molecule has 2 N–H and O–H groups in total. The van der Waals surface area contributed by atoms with Gasteiger partial charge < -0.3 is 5.73 Å². The standard InChI is InChI=1S/C14H19FN2S/c1-14(2)5-6-17(9-14)8-11-4-3-10(13(16)18)7-12(11)15/h3-4,7H,5-6,8-9H2,1-2H3,(H2,16,18). The van der Waals surface area contributed by atoms with Gasteiger partial charge in [-0.2, -0.15) is 0 Å². The molecule has 0 bridgehead atoms. The maximum absolute atomic E-state index is 13.9. The molecule has 18 heavy (non-hydrogen) atoms. The summed E-state index contributed by atoms with van der Waals surface area (Å²) in [5, 5.41) is 0. The van der Waals surface area contributed by atoms with Crippen molar-refractivity contribution in [3.05, 3.63) is 35.1 Å². The topological polar surface area (TPSA) is 29.3 Å². The van der Waals surface area contributed by atoms with E-state index in [-0.39, 0.29) is 10.8 Å². The zero-order chi connectivity index (χ0) is 13.3. The molecule has 0 saturated carbocycles. The highest BCUT2D eigenvalue weighted by Crippen LogP contribution is 2.30. The summed E-state index contributed by atoms with van der Waals surface area (Å²) in [4.78, 5) is 2.53. The molecule has 1 fully saturated rings. The van der Waals surface area contributed by atoms with Gasteiger partial charge in [0.2, 0.25) is 0 Å². The molecule has 1 aromatic rings. The first-order chi connectivity index (χ1) is 8.37. The number of rotatable bonds is 3. The number of hydrogen-bond donors (Lipinski definition) is 1. The van der Waals surface area contributed by atoms with Crippen LogP contribution in [0.25, 0.3) is 0 Å². The third-order valence-electron chi connectivity index (χ3n) is 3.49. The summed E-state index contributed by atoms with van der Waals surface area (Å²) >= 11 is 4.84. The van der Waals surface area contributed by atoms with Crippen LogP contribution >= 0.6 is 12.2 Å². The van der Waals surface area contributed by atoms with E-state index in [1.54, 1.807) is 12.1 Å². The predicted molar refractivity (Wildman–Crippen MR) is 76.0 cm³/mol. The largest absolute Gasteiger partial charge is 0.389 e. The molecule has 98 valence electrons. The van der Waals surface area contributed by atoms with Gasteiger partial charge in [-0.1, -0.05) is 38.2 Å². The first-order valence-corrected chi connectivity index (χ1v) is 6.59. The van der Waals surface area contributed by atoms with Gasteiger partial charge in [-0.15, -0.1) is 0 Å². The van der Waals surface area contributed by atoms with Crippen LogP contribution in [-0.4, -0.2) is 23.0 Å². The first kappa shape index (κ1) is 13.4. The van der Waals surface area contributed by atoms with Gasteiger partial charge in [0.1, 0.15) is 10.8 Å². The molecule has 0 radical (unpaired) electrons. The molecule has 0 spiro atoms. The van der Waals surface area contributed by atoms with E-state index >= 15 is 0 Å². The van der Waals surface area contributed by atoms with Crippen molar-refractivity contribution < 1.29 is 4.39 Å². The lowest BCUT2D eigenvalue weighted by Gasteiger charge is -2.20. The van der Waals surface area contributed by atoms with Crippen LogP contribution in [-0.2, 0) is 6.54 Å². The summed E-state index contributed by atoms with van der Waals surface area (Å²) in [7, 11) is 0. The van der Waals surface area contributed by atoms with Crippen molar-refractivity contribution in [3.8, 4) is 0 Å². The van der Waals surface area contributed by atoms with Crippen LogP contribution in [0.15, 0.2) is 18.2 Å². The molecule has 1 heterocycles. The Balaban J connectivity index is 2.09. The number of nitrogens with two attached hydrogens (primary N) is 1. The average Bonchev–Trinajstić information content (AvgIpc) is 2.61. The van der Waals surface area contributed by atoms with E-state index in [0.29, 0.717) is 23.1 Å². The van der Waals surface area contributed by atoms with E-state index in [4.69, 9.17) is 18.0 Å². The number of nitrogens with zero attached hydrogens (tertiary/aromatic N) is 1. The molecule has 1 aliphatic rings. The highest BCUT2D eigenvalue weighted by atomic mass is 32.1. The second-order valence-corrected chi connectivity index (χ2v) is 6.24. The summed E-state index contributed by atoms with van der Waals surface area (Å²) in [6.07, 6.45) is 1.17. The van der Waals surface area contributed by atoms with Crippen LogP contribution in [0.2, 0.25) is 0 Å². The van der Waals surface area contributed by atoms with E-state index < -0.39 is 0 Å². The molecule has 1 saturated heterocycles. The third kappa shape index (κ3) is 3.06. The van der Waals surface area contributed by atoms with E-state index in [2.05, 4.69) is 18.7 Å². The third-order valence-corrected chi connectivity index (χ3v) is 3.72. The van der Waals surface area contributed by atoms with Crippen LogP contribution in [0.5, 0.6) is 0 Å². The summed E-state index contributed by atoms with van der Waals surface area (Å²) in [6, 6.07) is 5.01. The van der Waals surface area contributed by atoms with Gasteiger partial charge in [0.05, 0.1) is 0 Å². The molecule has 0 aromatic heterocycles. The Bertz CT molecular complexity index is 471. The maximum Gasteiger partial charge on any atom is 0.128 e. The fraction of sp³-hybridized carbons (Fsp3) is 0.500. The lowest BCUT2D eigenvalue weighted by Crippen LogP contribution is -2.23. The Hall–Kier alpha value is -1.00. The van der Waals surface area contributed by atoms with Gasteiger partial charge in [0.15, 0.2) is 0 Å². The Morgan fingerprint density at radius 2 is 2.22 bits per heavy atom. The lowest BCUT2D eigenvalue weighted by atomic mass is 9.93. The molecule has 1 aliphatic heterocycles. The molecule has 1 aromatic carbocycles. The first-order valence-electron chi connectivity index (χ1n) is 6.18. The smallest absolute Gasteiger partial charge is 0.128 e. The van der Waals surface area contributed by atoms with Crippen LogP contribution in [0.4, 0.5) is 4.39 Å². The number of likely N-dealkylation sites (tertiary alicyclic amines) is 1. The normalized spacial score (nSPS) is 19.1. The van der Waals surface area contributed by atoms with E-state index in [1.807, 2.05) is 0 Å². The number of hydrogen-bond acceptors (Lipinski definition) is 2. The van der Waals surface area contributed by atoms with Crippen molar-refractivity contribution in [1.29, 1.82) is 0 Å². The van der Waals surface area contributed by atoms with Crippen LogP contribution in [0, 0.1) is 11.2 Å². The van der Waals surface area contributed by atoms with Gasteiger partial charge >= 0.3 is 0 Å². The molecular weight excluding hydrogens is 247 g/mol. The van der Waals surface area contributed by atoms with Crippen LogP contribution < -0.4 is 5.73 Å². The molecule has 0 aliphatic carbocycles. The average molecular weight is 266 g/mol. The number of thiocarbonyl (C=S) groups is 1. The zero-order valence-electron chi connectivity index (χ0n) is 10.9. The highest BCUT2D eigenvalue weighted by Gasteiger charge is 2.29. The molecule has 2 nitrogen and oxygen atoms in total. The Morgan fingerprint density at radius 1 is 1.50 bits per heavy atom. The van der Waals surface area contributed by atoms with Crippen LogP contribution in [0.3, 0.4) is 0 Å². The van der Waals surface area contributed by atoms with E-state index in [1.165, 1.54) is 12.5 Å². The Morgan fingerprint density at radius 3 is 2.72 bits per heavy atom.